The van der Waals surface area contributed by atoms with Crippen LogP contribution in [-0.4, -0.2) is 49.6 Å². The van der Waals surface area contributed by atoms with E-state index < -0.39 is 5.60 Å². The third-order valence-corrected chi connectivity index (χ3v) is 1.86. The van der Waals surface area contributed by atoms with Gasteiger partial charge in [0.25, 0.3) is 0 Å². The van der Waals surface area contributed by atoms with E-state index in [1.54, 1.807) is 0 Å². The van der Waals surface area contributed by atoms with Gasteiger partial charge in [-0.1, -0.05) is 0 Å². The molecule has 17 heavy (non-hydrogen) atoms. The fourth-order valence-corrected chi connectivity index (χ4v) is 1.12. The number of ether oxygens (including phenoxy) is 1. The first kappa shape index (κ1) is 15.9. The molecule has 1 amide bonds. The number of carbonyl (C=O) groups excluding carboxylic acids is 2. The minimum Gasteiger partial charge on any atom is -0.460 e. The fraction of sp³-hybridized carbons (Fsp3) is 0.833. The van der Waals surface area contributed by atoms with E-state index in [4.69, 9.17) is 4.74 Å². The van der Waals surface area contributed by atoms with Crippen LogP contribution in [0.5, 0.6) is 0 Å². The third-order valence-electron chi connectivity index (χ3n) is 1.86. The van der Waals surface area contributed by atoms with Gasteiger partial charge in [0.2, 0.25) is 5.91 Å². The Labute approximate surface area is 103 Å². The minimum atomic E-state index is -0.488. The zero-order chi connectivity index (χ0) is 13.5. The molecule has 0 aromatic rings. The average Bonchev–Trinajstić information content (AvgIpc) is 2.11. The summed E-state index contributed by atoms with van der Waals surface area (Å²) >= 11 is 0. The summed E-state index contributed by atoms with van der Waals surface area (Å²) in [4.78, 5) is 24.7. The first-order valence-electron chi connectivity index (χ1n) is 5.84. The summed E-state index contributed by atoms with van der Waals surface area (Å²) in [5, 5.41) is 2.74. The van der Waals surface area contributed by atoms with E-state index in [0.29, 0.717) is 6.54 Å². The third kappa shape index (κ3) is 11.2. The monoisotopic (exact) mass is 244 g/mol. The van der Waals surface area contributed by atoms with Gasteiger partial charge in [-0.3, -0.25) is 9.59 Å². The molecule has 0 aliphatic rings. The maximum absolute atomic E-state index is 11.4. The SMILES string of the molecule is CN(C)CCNC(=O)CCC(=O)OC(C)(C)C. The number of nitrogens with zero attached hydrogens (tertiary/aromatic N) is 1. The summed E-state index contributed by atoms with van der Waals surface area (Å²) in [6.45, 7) is 6.81. The van der Waals surface area contributed by atoms with Gasteiger partial charge in [-0.25, -0.2) is 0 Å². The lowest BCUT2D eigenvalue weighted by atomic mass is 10.2. The molecule has 5 heteroatoms. The van der Waals surface area contributed by atoms with Gasteiger partial charge in [0, 0.05) is 19.5 Å². The molecular formula is C12H24N2O3. The number of amides is 1. The number of rotatable bonds is 6. The second-order valence-corrected chi connectivity index (χ2v) is 5.24. The molecule has 0 heterocycles. The minimum absolute atomic E-state index is 0.113. The van der Waals surface area contributed by atoms with Crippen LogP contribution in [0.2, 0.25) is 0 Å². The standard InChI is InChI=1S/C12H24N2O3/c1-12(2,3)17-11(16)7-6-10(15)13-8-9-14(4)5/h6-9H2,1-5H3,(H,13,15). The smallest absolute Gasteiger partial charge is 0.306 e. The van der Waals surface area contributed by atoms with E-state index in [1.165, 1.54) is 0 Å². The van der Waals surface area contributed by atoms with Crippen LogP contribution in [0.1, 0.15) is 33.6 Å². The Morgan fingerprint density at radius 1 is 1.18 bits per heavy atom. The summed E-state index contributed by atoms with van der Waals surface area (Å²) in [5.74, 6) is -0.446. The molecule has 1 N–H and O–H groups in total. The number of esters is 1. The molecular weight excluding hydrogens is 220 g/mol. The molecule has 0 saturated carbocycles. The summed E-state index contributed by atoms with van der Waals surface area (Å²) in [5.41, 5.74) is -0.488. The Hall–Kier alpha value is -1.10. The summed E-state index contributed by atoms with van der Waals surface area (Å²) in [6.07, 6.45) is 0.313. The maximum atomic E-state index is 11.4. The van der Waals surface area contributed by atoms with Crippen molar-refractivity contribution in [2.45, 2.75) is 39.2 Å². The van der Waals surface area contributed by atoms with E-state index in [0.717, 1.165) is 6.54 Å². The van der Waals surface area contributed by atoms with E-state index in [2.05, 4.69) is 5.32 Å². The Morgan fingerprint density at radius 3 is 2.24 bits per heavy atom. The van der Waals surface area contributed by atoms with Crippen LogP contribution >= 0.6 is 0 Å². The van der Waals surface area contributed by atoms with Crippen molar-refractivity contribution in [3.8, 4) is 0 Å². The van der Waals surface area contributed by atoms with Gasteiger partial charge in [-0.2, -0.15) is 0 Å². The van der Waals surface area contributed by atoms with Crippen LogP contribution < -0.4 is 5.32 Å². The van der Waals surface area contributed by atoms with Crippen LogP contribution in [0.4, 0.5) is 0 Å². The highest BCUT2D eigenvalue weighted by Gasteiger charge is 2.16. The highest BCUT2D eigenvalue weighted by atomic mass is 16.6. The lowest BCUT2D eigenvalue weighted by molar-refractivity contribution is -0.155. The van der Waals surface area contributed by atoms with Crippen molar-refractivity contribution in [3.05, 3.63) is 0 Å². The van der Waals surface area contributed by atoms with Crippen LogP contribution in [0.25, 0.3) is 0 Å². The molecule has 5 nitrogen and oxygen atoms in total. The molecule has 100 valence electrons. The maximum Gasteiger partial charge on any atom is 0.306 e. The molecule has 0 aliphatic carbocycles. The predicted molar refractivity (Wildman–Crippen MR) is 66.6 cm³/mol. The Kier molecular flexibility index (Phi) is 6.80. The average molecular weight is 244 g/mol. The quantitative estimate of drug-likeness (QED) is 0.702. The topological polar surface area (TPSA) is 58.6 Å². The van der Waals surface area contributed by atoms with E-state index in [-0.39, 0.29) is 24.7 Å². The van der Waals surface area contributed by atoms with Crippen LogP contribution in [-0.2, 0) is 14.3 Å². The van der Waals surface area contributed by atoms with Crippen molar-refractivity contribution in [2.24, 2.45) is 0 Å². The zero-order valence-electron chi connectivity index (χ0n) is 11.5. The second-order valence-electron chi connectivity index (χ2n) is 5.24. The van der Waals surface area contributed by atoms with Crippen molar-refractivity contribution in [3.63, 3.8) is 0 Å². The number of nitrogens with one attached hydrogen (secondary N) is 1. The van der Waals surface area contributed by atoms with Crippen molar-refractivity contribution in [2.75, 3.05) is 27.2 Å². The fourth-order valence-electron chi connectivity index (χ4n) is 1.12. The van der Waals surface area contributed by atoms with Crippen molar-refractivity contribution in [1.82, 2.24) is 10.2 Å². The van der Waals surface area contributed by atoms with Gasteiger partial charge in [0.1, 0.15) is 5.60 Å². The zero-order valence-corrected chi connectivity index (χ0v) is 11.5. The molecule has 0 atom stereocenters. The summed E-state index contributed by atoms with van der Waals surface area (Å²) < 4.78 is 5.10. The molecule has 0 aromatic heterocycles. The summed E-state index contributed by atoms with van der Waals surface area (Å²) in [7, 11) is 3.87. The van der Waals surface area contributed by atoms with Gasteiger partial charge >= 0.3 is 5.97 Å². The first-order valence-corrected chi connectivity index (χ1v) is 5.84. The number of hydrogen-bond donors (Lipinski definition) is 1. The second kappa shape index (κ2) is 7.27. The molecule has 0 radical (unpaired) electrons. The van der Waals surface area contributed by atoms with Crippen LogP contribution in [0.3, 0.4) is 0 Å². The Bertz CT molecular complexity index is 257. The van der Waals surface area contributed by atoms with Crippen molar-refractivity contribution < 1.29 is 14.3 Å². The largest absolute Gasteiger partial charge is 0.460 e. The van der Waals surface area contributed by atoms with Gasteiger partial charge in [0.15, 0.2) is 0 Å². The van der Waals surface area contributed by atoms with Gasteiger partial charge < -0.3 is 15.0 Å². The Morgan fingerprint density at radius 2 is 1.76 bits per heavy atom. The number of hydrogen-bond acceptors (Lipinski definition) is 4. The number of likely N-dealkylation sites (N-methyl/N-ethyl adjacent to an activating group) is 1. The van der Waals surface area contributed by atoms with Gasteiger partial charge in [0.05, 0.1) is 6.42 Å². The Balaban J connectivity index is 3.67. The molecule has 0 fully saturated rings. The normalized spacial score (nSPS) is 11.4. The highest BCUT2D eigenvalue weighted by molar-refractivity contribution is 5.81. The van der Waals surface area contributed by atoms with Crippen molar-refractivity contribution >= 4 is 11.9 Å². The molecule has 0 saturated heterocycles. The highest BCUT2D eigenvalue weighted by Crippen LogP contribution is 2.08. The van der Waals surface area contributed by atoms with Crippen molar-refractivity contribution in [1.29, 1.82) is 0 Å². The van der Waals surface area contributed by atoms with E-state index in [1.807, 2.05) is 39.8 Å². The lowest BCUT2D eigenvalue weighted by Crippen LogP contribution is -2.32. The van der Waals surface area contributed by atoms with E-state index >= 15 is 0 Å². The molecule has 0 aromatic carbocycles. The molecule has 0 unspecified atom stereocenters. The number of carbonyl (C=O) groups is 2. The lowest BCUT2D eigenvalue weighted by Gasteiger charge is -2.19. The van der Waals surface area contributed by atoms with Crippen LogP contribution in [0, 0.1) is 0 Å². The molecule has 0 bridgehead atoms. The van der Waals surface area contributed by atoms with Gasteiger partial charge in [-0.15, -0.1) is 0 Å². The first-order chi connectivity index (χ1) is 7.70. The molecule has 0 spiro atoms. The predicted octanol–water partition coefficient (Wildman–Crippen LogP) is 0.786. The summed E-state index contributed by atoms with van der Waals surface area (Å²) in [6, 6.07) is 0. The van der Waals surface area contributed by atoms with Crippen LogP contribution in [0.15, 0.2) is 0 Å². The molecule has 0 aliphatic heterocycles. The van der Waals surface area contributed by atoms with Gasteiger partial charge in [-0.05, 0) is 34.9 Å². The van der Waals surface area contributed by atoms with E-state index in [9.17, 15) is 9.59 Å². The molecule has 0 rings (SSSR count).